The fourth-order valence-corrected chi connectivity index (χ4v) is 5.15. The molecule has 2 aromatic carbocycles. The number of benzene rings is 2. The van der Waals surface area contributed by atoms with Gasteiger partial charge < -0.3 is 15.0 Å². The first kappa shape index (κ1) is 23.8. The van der Waals surface area contributed by atoms with Gasteiger partial charge in [-0.15, -0.1) is 13.2 Å². The van der Waals surface area contributed by atoms with Crippen LogP contribution in [0.5, 0.6) is 5.75 Å². The lowest BCUT2D eigenvalue weighted by molar-refractivity contribution is -0.274. The lowest BCUT2D eigenvalue weighted by atomic mass is 9.87. The monoisotopic (exact) mass is 553 g/mol. The summed E-state index contributed by atoms with van der Waals surface area (Å²) in [5, 5.41) is 2.82. The fourth-order valence-electron chi connectivity index (χ4n) is 4.74. The number of ether oxygens (including phenoxy) is 1. The number of hydrogen-bond donors (Lipinski definition) is 1. The molecule has 1 amide bonds. The molecule has 1 N–H and O–H groups in total. The van der Waals surface area contributed by atoms with E-state index in [1.54, 1.807) is 6.07 Å². The van der Waals surface area contributed by atoms with Crippen LogP contribution in [0.15, 0.2) is 39.8 Å². The molecule has 184 valence electrons. The third-order valence-electron chi connectivity index (χ3n) is 6.63. The van der Waals surface area contributed by atoms with E-state index in [4.69, 9.17) is 4.99 Å². The molecule has 0 radical (unpaired) electrons. The minimum absolute atomic E-state index is 0.0422. The Morgan fingerprint density at radius 3 is 2.51 bits per heavy atom. The van der Waals surface area contributed by atoms with E-state index in [1.165, 1.54) is 24.3 Å². The van der Waals surface area contributed by atoms with Crippen LogP contribution in [0.4, 0.5) is 23.2 Å². The molecule has 1 aliphatic carbocycles. The first-order valence-electron chi connectivity index (χ1n) is 11.1. The number of halogens is 5. The van der Waals surface area contributed by atoms with Gasteiger partial charge in [-0.25, -0.2) is 4.39 Å². The molecule has 35 heavy (non-hydrogen) atoms. The zero-order chi connectivity index (χ0) is 25.0. The number of aliphatic imine (C=N–C) groups is 1. The van der Waals surface area contributed by atoms with E-state index < -0.39 is 17.7 Å². The van der Waals surface area contributed by atoms with E-state index in [2.05, 4.69) is 26.0 Å². The predicted molar refractivity (Wildman–Crippen MR) is 123 cm³/mol. The maximum atomic E-state index is 14.2. The molecule has 0 unspecified atom stereocenters. The van der Waals surface area contributed by atoms with Gasteiger partial charge in [-0.05, 0) is 67.5 Å². The summed E-state index contributed by atoms with van der Waals surface area (Å²) >= 11 is 3.25. The van der Waals surface area contributed by atoms with E-state index >= 15 is 0 Å². The van der Waals surface area contributed by atoms with Crippen molar-refractivity contribution < 1.29 is 31.9 Å². The van der Waals surface area contributed by atoms with Crippen molar-refractivity contribution >= 4 is 39.6 Å². The third kappa shape index (κ3) is 4.65. The van der Waals surface area contributed by atoms with Crippen molar-refractivity contribution in [3.8, 4) is 5.75 Å². The summed E-state index contributed by atoms with van der Waals surface area (Å²) in [7, 11) is 0. The number of alkyl halides is 3. The number of amides is 1. The molecule has 2 heterocycles. The third-order valence-corrected chi connectivity index (χ3v) is 7.09. The van der Waals surface area contributed by atoms with Crippen molar-refractivity contribution in [1.82, 2.24) is 5.32 Å². The number of hydrogen-bond acceptors (Lipinski definition) is 5. The molecule has 2 fully saturated rings. The van der Waals surface area contributed by atoms with Crippen LogP contribution in [-0.4, -0.2) is 43.0 Å². The van der Waals surface area contributed by atoms with Gasteiger partial charge in [0, 0.05) is 23.1 Å². The average Bonchev–Trinajstić information content (AvgIpc) is 3.58. The number of aldehydes is 1. The smallest absolute Gasteiger partial charge is 0.406 e. The quantitative estimate of drug-likeness (QED) is 0.413. The van der Waals surface area contributed by atoms with Crippen LogP contribution in [0.1, 0.15) is 53.1 Å². The van der Waals surface area contributed by atoms with Crippen molar-refractivity contribution in [3.05, 3.63) is 57.3 Å². The van der Waals surface area contributed by atoms with Gasteiger partial charge in [0.2, 0.25) is 0 Å². The van der Waals surface area contributed by atoms with Crippen molar-refractivity contribution in [2.24, 2.45) is 4.99 Å². The molecule has 1 saturated carbocycles. The number of carbonyl (C=O) groups excluding carboxylic acids is 2. The SMILES string of the molecule is O=Cc1c(F)cc(Br)cc1N1CCC2(CC1)N=C(c1ccc(OC(F)(F)F)cc1C1CC1)NC2=O. The summed E-state index contributed by atoms with van der Waals surface area (Å²) in [6.07, 6.45) is -1.96. The zero-order valence-electron chi connectivity index (χ0n) is 18.3. The molecule has 1 saturated heterocycles. The predicted octanol–water partition coefficient (Wildman–Crippen LogP) is 5.09. The Morgan fingerprint density at radius 1 is 1.17 bits per heavy atom. The first-order valence-corrected chi connectivity index (χ1v) is 11.9. The van der Waals surface area contributed by atoms with Gasteiger partial charge in [0.25, 0.3) is 5.91 Å². The van der Waals surface area contributed by atoms with Crippen LogP contribution in [0, 0.1) is 5.82 Å². The van der Waals surface area contributed by atoms with E-state index in [-0.39, 0.29) is 23.1 Å². The molecule has 2 aromatic rings. The number of anilines is 1. The Balaban J connectivity index is 1.40. The normalized spacial score (nSPS) is 19.5. The Labute approximate surface area is 206 Å². The average molecular weight is 554 g/mol. The fraction of sp³-hybridized carbons (Fsp3) is 0.375. The molecule has 3 aliphatic rings. The highest BCUT2D eigenvalue weighted by molar-refractivity contribution is 9.10. The number of carbonyl (C=O) groups is 2. The van der Waals surface area contributed by atoms with Gasteiger partial charge in [0.15, 0.2) is 6.29 Å². The summed E-state index contributed by atoms with van der Waals surface area (Å²) in [4.78, 5) is 31.1. The van der Waals surface area contributed by atoms with Gasteiger partial charge in [0.1, 0.15) is 22.9 Å². The second-order valence-corrected chi connectivity index (χ2v) is 9.86. The maximum absolute atomic E-state index is 14.2. The second-order valence-electron chi connectivity index (χ2n) is 8.94. The van der Waals surface area contributed by atoms with Crippen LogP contribution in [0.2, 0.25) is 0 Å². The largest absolute Gasteiger partial charge is 0.573 e. The van der Waals surface area contributed by atoms with Crippen molar-refractivity contribution in [1.29, 1.82) is 0 Å². The van der Waals surface area contributed by atoms with Crippen molar-refractivity contribution in [2.75, 3.05) is 18.0 Å². The topological polar surface area (TPSA) is 71.0 Å². The molecule has 0 bridgehead atoms. The Kier molecular flexibility index (Phi) is 5.85. The van der Waals surface area contributed by atoms with Gasteiger partial charge in [-0.2, -0.15) is 0 Å². The summed E-state index contributed by atoms with van der Waals surface area (Å²) in [5.41, 5.74) is 0.632. The van der Waals surface area contributed by atoms with Gasteiger partial charge in [-0.3, -0.25) is 14.6 Å². The van der Waals surface area contributed by atoms with E-state index in [1.807, 2.05) is 4.90 Å². The van der Waals surface area contributed by atoms with Crippen molar-refractivity contribution in [3.63, 3.8) is 0 Å². The molecular weight excluding hydrogens is 534 g/mol. The summed E-state index contributed by atoms with van der Waals surface area (Å²) in [6, 6.07) is 6.98. The van der Waals surface area contributed by atoms with E-state index in [0.717, 1.165) is 12.8 Å². The van der Waals surface area contributed by atoms with Crippen molar-refractivity contribution in [2.45, 2.75) is 43.5 Å². The van der Waals surface area contributed by atoms with E-state index in [9.17, 15) is 27.2 Å². The molecule has 5 rings (SSSR count). The lowest BCUT2D eigenvalue weighted by Gasteiger charge is -2.37. The summed E-state index contributed by atoms with van der Waals surface area (Å²) in [6.45, 7) is 0.740. The van der Waals surface area contributed by atoms with Crippen LogP contribution in [0.25, 0.3) is 0 Å². The van der Waals surface area contributed by atoms with E-state index in [0.29, 0.717) is 59.3 Å². The highest BCUT2D eigenvalue weighted by atomic mass is 79.9. The number of nitrogens with zero attached hydrogens (tertiary/aromatic N) is 2. The highest BCUT2D eigenvalue weighted by Crippen LogP contribution is 2.44. The minimum Gasteiger partial charge on any atom is -0.406 e. The number of piperidine rings is 1. The van der Waals surface area contributed by atoms with Gasteiger partial charge in [-0.1, -0.05) is 15.9 Å². The Hall–Kier alpha value is -2.95. The molecule has 2 aliphatic heterocycles. The number of nitrogens with one attached hydrogen (secondary N) is 1. The highest BCUT2D eigenvalue weighted by Gasteiger charge is 2.47. The maximum Gasteiger partial charge on any atom is 0.573 e. The molecule has 11 heteroatoms. The van der Waals surface area contributed by atoms with Crippen LogP contribution in [0.3, 0.4) is 0 Å². The van der Waals surface area contributed by atoms with Gasteiger partial charge >= 0.3 is 6.36 Å². The van der Waals surface area contributed by atoms with Crippen LogP contribution >= 0.6 is 15.9 Å². The molecule has 0 atom stereocenters. The minimum atomic E-state index is -4.79. The Bertz CT molecular complexity index is 1240. The first-order chi connectivity index (χ1) is 16.6. The molecule has 1 spiro atoms. The number of amidine groups is 1. The second kappa shape index (κ2) is 8.61. The molecule has 0 aromatic heterocycles. The van der Waals surface area contributed by atoms with Crippen LogP contribution < -0.4 is 15.0 Å². The Morgan fingerprint density at radius 2 is 1.89 bits per heavy atom. The summed E-state index contributed by atoms with van der Waals surface area (Å²) in [5.74, 6) is -0.781. The molecular formula is C24H20BrF4N3O3. The summed E-state index contributed by atoms with van der Waals surface area (Å²) < 4.78 is 56.8. The standard InChI is InChI=1S/C24H20BrF4N3O3/c25-14-9-19(26)18(12-33)20(10-14)32-7-5-23(6-8-32)22(34)30-21(31-23)16-4-3-15(35-24(27,28)29)11-17(16)13-1-2-13/h3-4,9-13H,1-2,5-8H2,(H,30,31,34). The van der Waals surface area contributed by atoms with Gasteiger partial charge in [0.05, 0.1) is 11.3 Å². The number of rotatable bonds is 5. The lowest BCUT2D eigenvalue weighted by Crippen LogP contribution is -2.49. The molecule has 6 nitrogen and oxygen atoms in total. The van der Waals surface area contributed by atoms with Crippen LogP contribution in [-0.2, 0) is 4.79 Å². The zero-order valence-corrected chi connectivity index (χ0v) is 19.9.